The summed E-state index contributed by atoms with van der Waals surface area (Å²) in [6, 6.07) is 4.70. The third-order valence-corrected chi connectivity index (χ3v) is 2.61. The number of nitro groups is 1. The fourth-order valence-corrected chi connectivity index (χ4v) is 1.93. The van der Waals surface area contributed by atoms with E-state index in [-0.39, 0.29) is 17.5 Å². The van der Waals surface area contributed by atoms with Crippen LogP contribution in [0.25, 0.3) is 0 Å². The maximum atomic E-state index is 11.5. The number of fused-ring (bicyclic) bond motifs is 1. The second-order valence-corrected chi connectivity index (χ2v) is 3.45. The van der Waals surface area contributed by atoms with E-state index in [0.29, 0.717) is 17.7 Å². The van der Waals surface area contributed by atoms with Gasteiger partial charge >= 0.3 is 0 Å². The molecule has 15 heavy (non-hydrogen) atoms. The highest BCUT2D eigenvalue weighted by atomic mass is 16.6. The molecule has 2 rings (SSSR count). The number of nitro benzene ring substituents is 1. The molecule has 1 atom stereocenters. The molecule has 1 aliphatic rings. The maximum absolute atomic E-state index is 11.5. The average Bonchev–Trinajstić information content (AvgIpc) is 2.52. The van der Waals surface area contributed by atoms with Crippen LogP contribution in [-0.4, -0.2) is 10.8 Å². The molecule has 1 aliphatic heterocycles. The predicted octanol–water partition coefficient (Wildman–Crippen LogP) is 2.04. The van der Waals surface area contributed by atoms with Gasteiger partial charge in [0.2, 0.25) is 5.91 Å². The summed E-state index contributed by atoms with van der Waals surface area (Å²) in [7, 11) is 0. The quantitative estimate of drug-likeness (QED) is 0.594. The summed E-state index contributed by atoms with van der Waals surface area (Å²) in [5.74, 6) is -0.539. The minimum Gasteiger partial charge on any atom is -0.325 e. The van der Waals surface area contributed by atoms with Crippen LogP contribution >= 0.6 is 0 Å². The number of amides is 1. The van der Waals surface area contributed by atoms with Crippen LogP contribution in [-0.2, 0) is 4.79 Å². The highest BCUT2D eigenvalue weighted by molar-refractivity contribution is 6.04. The number of carbonyl (C=O) groups is 1. The molecule has 0 saturated heterocycles. The van der Waals surface area contributed by atoms with Crippen molar-refractivity contribution in [2.45, 2.75) is 19.3 Å². The van der Waals surface area contributed by atoms with Gasteiger partial charge in [0.25, 0.3) is 5.69 Å². The average molecular weight is 206 g/mol. The van der Waals surface area contributed by atoms with Crippen molar-refractivity contribution in [2.24, 2.45) is 0 Å². The number of carbonyl (C=O) groups excluding carboxylic acids is 1. The van der Waals surface area contributed by atoms with Crippen molar-refractivity contribution in [1.29, 1.82) is 0 Å². The molecule has 0 fully saturated rings. The molecule has 78 valence electrons. The second kappa shape index (κ2) is 3.34. The lowest BCUT2D eigenvalue weighted by atomic mass is 9.96. The number of rotatable bonds is 2. The molecule has 5 heteroatoms. The van der Waals surface area contributed by atoms with E-state index >= 15 is 0 Å². The molecule has 1 unspecified atom stereocenters. The van der Waals surface area contributed by atoms with Crippen LogP contribution in [0.15, 0.2) is 18.2 Å². The zero-order chi connectivity index (χ0) is 11.0. The second-order valence-electron chi connectivity index (χ2n) is 3.45. The van der Waals surface area contributed by atoms with Crippen molar-refractivity contribution in [3.63, 3.8) is 0 Å². The van der Waals surface area contributed by atoms with Gasteiger partial charge in [-0.15, -0.1) is 0 Å². The third-order valence-electron chi connectivity index (χ3n) is 2.61. The standard InChI is InChI=1S/C10H10N2O3/c1-2-6-9-7(11-10(6)13)4-3-5-8(9)12(14)15/h3-6H,2H2,1H3,(H,11,13). The maximum Gasteiger partial charge on any atom is 0.275 e. The lowest BCUT2D eigenvalue weighted by Crippen LogP contribution is -2.11. The third kappa shape index (κ3) is 1.36. The van der Waals surface area contributed by atoms with Gasteiger partial charge in [0.15, 0.2) is 0 Å². The molecule has 0 radical (unpaired) electrons. The summed E-state index contributed by atoms with van der Waals surface area (Å²) < 4.78 is 0. The van der Waals surface area contributed by atoms with E-state index in [4.69, 9.17) is 0 Å². The first kappa shape index (κ1) is 9.64. The molecule has 1 heterocycles. The number of anilines is 1. The number of hydrogen-bond acceptors (Lipinski definition) is 3. The summed E-state index contributed by atoms with van der Waals surface area (Å²) in [4.78, 5) is 21.9. The van der Waals surface area contributed by atoms with Gasteiger partial charge in [0, 0.05) is 6.07 Å². The summed E-state index contributed by atoms with van der Waals surface area (Å²) in [6.07, 6.45) is 0.573. The minimum atomic E-state index is -0.443. The molecule has 1 aromatic carbocycles. The lowest BCUT2D eigenvalue weighted by Gasteiger charge is -2.04. The molecule has 0 saturated carbocycles. The highest BCUT2D eigenvalue weighted by Gasteiger charge is 2.35. The molecule has 1 N–H and O–H groups in total. The normalized spacial score (nSPS) is 18.5. The number of nitrogens with zero attached hydrogens (tertiary/aromatic N) is 1. The fourth-order valence-electron chi connectivity index (χ4n) is 1.93. The van der Waals surface area contributed by atoms with Crippen LogP contribution in [0.1, 0.15) is 24.8 Å². The summed E-state index contributed by atoms with van der Waals surface area (Å²) in [6.45, 7) is 1.84. The van der Waals surface area contributed by atoms with Crippen LogP contribution in [0.4, 0.5) is 11.4 Å². The van der Waals surface area contributed by atoms with Crippen molar-refractivity contribution in [3.8, 4) is 0 Å². The van der Waals surface area contributed by atoms with Crippen molar-refractivity contribution in [1.82, 2.24) is 0 Å². The van der Waals surface area contributed by atoms with E-state index in [0.717, 1.165) is 0 Å². The van der Waals surface area contributed by atoms with E-state index in [1.807, 2.05) is 6.92 Å². The molecule has 1 amide bonds. The van der Waals surface area contributed by atoms with E-state index in [9.17, 15) is 14.9 Å². The van der Waals surface area contributed by atoms with Crippen LogP contribution in [0.2, 0.25) is 0 Å². The minimum absolute atomic E-state index is 0.0256. The van der Waals surface area contributed by atoms with Gasteiger partial charge in [-0.3, -0.25) is 14.9 Å². The molecule has 0 aromatic heterocycles. The Morgan fingerprint density at radius 2 is 2.27 bits per heavy atom. The zero-order valence-electron chi connectivity index (χ0n) is 8.19. The lowest BCUT2D eigenvalue weighted by molar-refractivity contribution is -0.385. The van der Waals surface area contributed by atoms with Crippen molar-refractivity contribution >= 4 is 17.3 Å². The first-order valence-corrected chi connectivity index (χ1v) is 4.73. The van der Waals surface area contributed by atoms with Crippen molar-refractivity contribution < 1.29 is 9.72 Å². The Hall–Kier alpha value is -1.91. The topological polar surface area (TPSA) is 72.2 Å². The Balaban J connectivity index is 2.60. The zero-order valence-corrected chi connectivity index (χ0v) is 8.19. The monoisotopic (exact) mass is 206 g/mol. The Morgan fingerprint density at radius 3 is 2.87 bits per heavy atom. The SMILES string of the molecule is CCC1C(=O)Nc2cccc([N+](=O)[O-])c21. The Kier molecular flexibility index (Phi) is 2.15. The molecule has 0 aliphatic carbocycles. The Labute approximate surface area is 86.2 Å². The van der Waals surface area contributed by atoms with E-state index in [2.05, 4.69) is 5.32 Å². The van der Waals surface area contributed by atoms with Gasteiger partial charge in [-0.2, -0.15) is 0 Å². The smallest absolute Gasteiger partial charge is 0.275 e. The highest BCUT2D eigenvalue weighted by Crippen LogP contribution is 2.40. The summed E-state index contributed by atoms with van der Waals surface area (Å²) in [5, 5.41) is 13.4. The first-order valence-electron chi connectivity index (χ1n) is 4.73. The summed E-state index contributed by atoms with van der Waals surface area (Å²) in [5.41, 5.74) is 1.12. The first-order chi connectivity index (χ1) is 7.15. The Bertz CT molecular complexity index is 442. The number of benzene rings is 1. The molecule has 0 spiro atoms. The van der Waals surface area contributed by atoms with Gasteiger partial charge in [-0.05, 0) is 12.5 Å². The van der Waals surface area contributed by atoms with Crippen LogP contribution < -0.4 is 5.32 Å². The van der Waals surface area contributed by atoms with Crippen LogP contribution in [0, 0.1) is 10.1 Å². The van der Waals surface area contributed by atoms with Crippen molar-refractivity contribution in [3.05, 3.63) is 33.9 Å². The molecule has 0 bridgehead atoms. The Morgan fingerprint density at radius 1 is 1.53 bits per heavy atom. The number of hydrogen-bond donors (Lipinski definition) is 1. The molecular weight excluding hydrogens is 196 g/mol. The van der Waals surface area contributed by atoms with E-state index < -0.39 is 4.92 Å². The van der Waals surface area contributed by atoms with Gasteiger partial charge in [0.1, 0.15) is 0 Å². The predicted molar refractivity (Wildman–Crippen MR) is 54.8 cm³/mol. The molecule has 1 aromatic rings. The van der Waals surface area contributed by atoms with Gasteiger partial charge in [0.05, 0.1) is 22.1 Å². The van der Waals surface area contributed by atoms with Crippen molar-refractivity contribution in [2.75, 3.05) is 5.32 Å². The fraction of sp³-hybridized carbons (Fsp3) is 0.300. The molecule has 5 nitrogen and oxygen atoms in total. The van der Waals surface area contributed by atoms with Crippen LogP contribution in [0.3, 0.4) is 0 Å². The van der Waals surface area contributed by atoms with Crippen LogP contribution in [0.5, 0.6) is 0 Å². The number of nitrogens with one attached hydrogen (secondary N) is 1. The van der Waals surface area contributed by atoms with Gasteiger partial charge < -0.3 is 5.32 Å². The van der Waals surface area contributed by atoms with E-state index in [1.54, 1.807) is 12.1 Å². The molecular formula is C10H10N2O3. The largest absolute Gasteiger partial charge is 0.325 e. The van der Waals surface area contributed by atoms with Gasteiger partial charge in [-0.1, -0.05) is 13.0 Å². The van der Waals surface area contributed by atoms with E-state index in [1.165, 1.54) is 6.07 Å². The summed E-state index contributed by atoms with van der Waals surface area (Å²) >= 11 is 0. The van der Waals surface area contributed by atoms with Gasteiger partial charge in [-0.25, -0.2) is 0 Å².